The molecule has 0 bridgehead atoms. The molecule has 0 saturated carbocycles. The van der Waals surface area contributed by atoms with Crippen LogP contribution in [0.3, 0.4) is 0 Å². The van der Waals surface area contributed by atoms with Gasteiger partial charge in [0.2, 0.25) is 5.69 Å². The Kier molecular flexibility index (Phi) is 3.01. The van der Waals surface area contributed by atoms with Crippen LogP contribution in [-0.4, -0.2) is 4.92 Å². The highest BCUT2D eigenvalue weighted by atomic mass is 79.9. The highest BCUT2D eigenvalue weighted by molar-refractivity contribution is 9.11. The van der Waals surface area contributed by atoms with Crippen molar-refractivity contribution in [1.29, 1.82) is 0 Å². The van der Waals surface area contributed by atoms with E-state index in [0.717, 1.165) is 0 Å². The zero-order valence-electron chi connectivity index (χ0n) is 6.12. The van der Waals surface area contributed by atoms with Gasteiger partial charge in [-0.1, -0.05) is 31.9 Å². The van der Waals surface area contributed by atoms with Crippen LogP contribution >= 0.6 is 31.9 Å². The van der Waals surface area contributed by atoms with E-state index in [9.17, 15) is 10.1 Å². The highest BCUT2D eigenvalue weighted by Crippen LogP contribution is 2.37. The summed E-state index contributed by atoms with van der Waals surface area (Å²) in [4.78, 5) is 13.1. The van der Waals surface area contributed by atoms with Crippen LogP contribution in [0.2, 0.25) is 0 Å². The Morgan fingerprint density at radius 2 is 1.85 bits per heavy atom. The summed E-state index contributed by atoms with van der Waals surface area (Å²) in [6, 6.07) is 2.61. The van der Waals surface area contributed by atoms with E-state index in [-0.39, 0.29) is 5.69 Å². The van der Waals surface area contributed by atoms with Crippen molar-refractivity contribution in [3.8, 4) is 0 Å². The van der Waals surface area contributed by atoms with Crippen molar-refractivity contribution in [2.24, 2.45) is 0 Å². The zero-order valence-corrected chi connectivity index (χ0v) is 9.29. The van der Waals surface area contributed by atoms with Crippen LogP contribution in [0.4, 0.5) is 11.4 Å². The molecule has 0 aliphatic heterocycles. The largest absolute Gasteiger partial charge is 0.269 e. The molecule has 4 nitrogen and oxygen atoms in total. The fraction of sp³-hybridized carbons (Fsp3) is 0. The van der Waals surface area contributed by atoms with E-state index in [0.29, 0.717) is 14.6 Å². The highest BCUT2D eigenvalue weighted by Gasteiger charge is 2.13. The molecule has 0 fully saturated rings. The molecule has 1 aromatic rings. The summed E-state index contributed by atoms with van der Waals surface area (Å²) in [5.74, 6) is 0. The normalized spacial score (nSPS) is 9.31. The van der Waals surface area contributed by atoms with Crippen LogP contribution in [0.5, 0.6) is 0 Å². The Labute approximate surface area is 90.8 Å². The van der Waals surface area contributed by atoms with Crippen molar-refractivity contribution in [2.45, 2.75) is 0 Å². The van der Waals surface area contributed by atoms with Crippen LogP contribution in [0.1, 0.15) is 0 Å². The quantitative estimate of drug-likeness (QED) is 0.451. The van der Waals surface area contributed by atoms with Crippen molar-refractivity contribution in [3.05, 3.63) is 42.6 Å². The molecule has 0 heterocycles. The first-order valence-corrected chi connectivity index (χ1v) is 4.65. The number of nitro groups is 1. The van der Waals surface area contributed by atoms with Gasteiger partial charge in [-0.25, -0.2) is 4.85 Å². The number of halogens is 2. The van der Waals surface area contributed by atoms with Crippen molar-refractivity contribution in [3.63, 3.8) is 0 Å². The second kappa shape index (κ2) is 3.85. The van der Waals surface area contributed by atoms with E-state index >= 15 is 0 Å². The van der Waals surface area contributed by atoms with Crippen molar-refractivity contribution in [2.75, 3.05) is 0 Å². The second-order valence-corrected chi connectivity index (χ2v) is 3.84. The average Bonchev–Trinajstić information content (AvgIpc) is 2.03. The third-order valence-electron chi connectivity index (χ3n) is 1.32. The lowest BCUT2D eigenvalue weighted by Gasteiger charge is -1.98. The minimum atomic E-state index is -0.511. The Morgan fingerprint density at radius 3 is 2.15 bits per heavy atom. The van der Waals surface area contributed by atoms with Gasteiger partial charge in [0.05, 0.1) is 11.5 Å². The fourth-order valence-electron chi connectivity index (χ4n) is 0.764. The van der Waals surface area contributed by atoms with Crippen LogP contribution in [0.15, 0.2) is 21.1 Å². The lowest BCUT2D eigenvalue weighted by atomic mass is 10.3. The van der Waals surface area contributed by atoms with Gasteiger partial charge in [-0.05, 0) is 0 Å². The summed E-state index contributed by atoms with van der Waals surface area (Å²) in [6.45, 7) is 6.80. The number of rotatable bonds is 1. The van der Waals surface area contributed by atoms with E-state index in [1.807, 2.05) is 0 Å². The molecule has 0 saturated heterocycles. The first kappa shape index (κ1) is 10.2. The second-order valence-electron chi connectivity index (χ2n) is 2.13. The van der Waals surface area contributed by atoms with E-state index in [1.165, 1.54) is 12.1 Å². The summed E-state index contributed by atoms with van der Waals surface area (Å²) in [5.41, 5.74) is 0.289. The molecule has 6 heteroatoms. The van der Waals surface area contributed by atoms with Gasteiger partial charge in [0.1, 0.15) is 0 Å². The van der Waals surface area contributed by atoms with Crippen molar-refractivity contribution in [1.82, 2.24) is 0 Å². The van der Waals surface area contributed by atoms with Crippen LogP contribution in [-0.2, 0) is 0 Å². The summed E-state index contributed by atoms with van der Waals surface area (Å²) >= 11 is 6.16. The maximum absolute atomic E-state index is 10.4. The maximum Gasteiger partial charge on any atom is 0.269 e. The SMILES string of the molecule is [C-]#[N+]c1c(Br)cc([N+](=O)[O-])cc1Br. The predicted octanol–water partition coefficient (Wildman–Crippen LogP) is 3.67. The van der Waals surface area contributed by atoms with Gasteiger partial charge in [-0.3, -0.25) is 10.1 Å². The van der Waals surface area contributed by atoms with Gasteiger partial charge in [-0.15, -0.1) is 0 Å². The predicted molar refractivity (Wildman–Crippen MR) is 54.8 cm³/mol. The summed E-state index contributed by atoms with van der Waals surface area (Å²) in [6.07, 6.45) is 0. The van der Waals surface area contributed by atoms with Crippen molar-refractivity contribution >= 4 is 43.2 Å². The number of nitro benzene ring substituents is 1. The Balaban J connectivity index is 3.39. The smallest absolute Gasteiger partial charge is 0.258 e. The van der Waals surface area contributed by atoms with Crippen LogP contribution in [0, 0.1) is 16.7 Å². The van der Waals surface area contributed by atoms with Gasteiger partial charge >= 0.3 is 0 Å². The minimum absolute atomic E-state index is 0.0499. The molecular formula is C7H2Br2N2O2. The molecule has 1 rings (SSSR count). The van der Waals surface area contributed by atoms with Gasteiger partial charge in [0, 0.05) is 21.1 Å². The van der Waals surface area contributed by atoms with E-state index in [2.05, 4.69) is 36.7 Å². The molecule has 0 aliphatic carbocycles. The standard InChI is InChI=1S/C7H2Br2N2O2/c1-10-7-5(8)2-4(11(12)13)3-6(7)9/h2-3H. The Hall–Kier alpha value is -0.930. The third kappa shape index (κ3) is 2.05. The average molecular weight is 306 g/mol. The molecule has 66 valence electrons. The monoisotopic (exact) mass is 304 g/mol. The molecule has 0 atom stereocenters. The number of hydrogen-bond acceptors (Lipinski definition) is 2. The van der Waals surface area contributed by atoms with E-state index in [4.69, 9.17) is 6.57 Å². The Morgan fingerprint density at radius 1 is 1.38 bits per heavy atom. The summed E-state index contributed by atoms with van der Waals surface area (Å²) in [7, 11) is 0. The molecule has 0 aromatic heterocycles. The van der Waals surface area contributed by atoms with Gasteiger partial charge in [0.25, 0.3) is 5.69 Å². The van der Waals surface area contributed by atoms with Gasteiger partial charge in [-0.2, -0.15) is 0 Å². The lowest BCUT2D eigenvalue weighted by Crippen LogP contribution is -1.87. The summed E-state index contributed by atoms with van der Waals surface area (Å²) in [5, 5.41) is 10.4. The number of non-ortho nitro benzene ring substituents is 1. The van der Waals surface area contributed by atoms with Crippen molar-refractivity contribution < 1.29 is 4.92 Å². The number of hydrogen-bond donors (Lipinski definition) is 0. The first-order valence-electron chi connectivity index (χ1n) is 3.07. The van der Waals surface area contributed by atoms with Crippen LogP contribution < -0.4 is 0 Å². The molecule has 0 spiro atoms. The zero-order chi connectivity index (χ0) is 10.0. The van der Waals surface area contributed by atoms with Crippen LogP contribution in [0.25, 0.3) is 4.85 Å². The number of nitrogens with zero attached hydrogens (tertiary/aromatic N) is 2. The maximum atomic E-state index is 10.4. The molecule has 13 heavy (non-hydrogen) atoms. The first-order chi connectivity index (χ1) is 6.06. The molecule has 1 aromatic carbocycles. The van der Waals surface area contributed by atoms with E-state index < -0.39 is 4.92 Å². The Bertz CT molecular complexity index is 388. The topological polar surface area (TPSA) is 47.5 Å². The third-order valence-corrected chi connectivity index (χ3v) is 2.53. The van der Waals surface area contributed by atoms with Gasteiger partial charge < -0.3 is 0 Å². The molecule has 0 radical (unpaired) electrons. The molecular weight excluding hydrogens is 304 g/mol. The molecule has 0 amide bonds. The van der Waals surface area contributed by atoms with Gasteiger partial charge in [0.15, 0.2) is 0 Å². The summed E-state index contributed by atoms with van der Waals surface area (Å²) < 4.78 is 0.840. The molecule has 0 aliphatic rings. The van der Waals surface area contributed by atoms with E-state index in [1.54, 1.807) is 0 Å². The number of benzene rings is 1. The minimum Gasteiger partial charge on any atom is -0.258 e. The lowest BCUT2D eigenvalue weighted by molar-refractivity contribution is -0.385. The fourth-order valence-corrected chi connectivity index (χ4v) is 2.10. The molecule has 0 N–H and O–H groups in total. The molecule has 0 unspecified atom stereocenters.